The van der Waals surface area contributed by atoms with Gasteiger partial charge >= 0.3 is 19.8 Å². The molecular formula is C50H94NO9P. The average molecular weight is 884 g/mol. The lowest BCUT2D eigenvalue weighted by atomic mass is 10.0. The second kappa shape index (κ2) is 46.2. The highest BCUT2D eigenvalue weighted by molar-refractivity contribution is 7.47. The molecule has 0 bridgehead atoms. The molecule has 11 heteroatoms. The number of nitrogens with two attached hydrogens (primary N) is 1. The first kappa shape index (κ1) is 59.2. The van der Waals surface area contributed by atoms with Crippen LogP contribution in [0.3, 0.4) is 0 Å². The zero-order chi connectivity index (χ0) is 44.8. The van der Waals surface area contributed by atoms with E-state index in [9.17, 15) is 19.0 Å². The van der Waals surface area contributed by atoms with Crippen molar-refractivity contribution < 1.29 is 42.7 Å². The van der Waals surface area contributed by atoms with Gasteiger partial charge in [-0.25, -0.2) is 4.57 Å². The van der Waals surface area contributed by atoms with Gasteiger partial charge in [0.05, 0.1) is 19.8 Å². The molecule has 0 amide bonds. The number of allylic oxidation sites excluding steroid dienone is 6. The monoisotopic (exact) mass is 884 g/mol. The highest BCUT2D eigenvalue weighted by Gasteiger charge is 2.27. The lowest BCUT2D eigenvalue weighted by molar-refractivity contribution is -0.154. The highest BCUT2D eigenvalue weighted by Crippen LogP contribution is 2.43. The fourth-order valence-electron chi connectivity index (χ4n) is 7.09. The molecule has 0 aromatic rings. The summed E-state index contributed by atoms with van der Waals surface area (Å²) in [7, 11) is -4.62. The van der Waals surface area contributed by atoms with Crippen molar-refractivity contribution in [1.29, 1.82) is 0 Å². The van der Waals surface area contributed by atoms with Gasteiger partial charge in [-0.05, 0) is 44.9 Å². The zero-order valence-corrected chi connectivity index (χ0v) is 40.2. The first-order valence-corrected chi connectivity index (χ1v) is 26.5. The lowest BCUT2D eigenvalue weighted by Crippen LogP contribution is -2.34. The molecule has 3 unspecified atom stereocenters. The van der Waals surface area contributed by atoms with E-state index >= 15 is 0 Å². The van der Waals surface area contributed by atoms with Crippen LogP contribution in [0.5, 0.6) is 0 Å². The highest BCUT2D eigenvalue weighted by atomic mass is 31.2. The summed E-state index contributed by atoms with van der Waals surface area (Å²) in [5.41, 5.74) is 5.37. The third-order valence-corrected chi connectivity index (χ3v) is 11.9. The van der Waals surface area contributed by atoms with Crippen LogP contribution < -0.4 is 5.73 Å². The van der Waals surface area contributed by atoms with Crippen molar-refractivity contribution in [1.82, 2.24) is 0 Å². The van der Waals surface area contributed by atoms with Crippen LogP contribution in [0.15, 0.2) is 36.5 Å². The molecular weight excluding hydrogens is 790 g/mol. The third-order valence-electron chi connectivity index (χ3n) is 10.9. The molecule has 0 rings (SSSR count). The van der Waals surface area contributed by atoms with Gasteiger partial charge in [-0.3, -0.25) is 18.6 Å². The largest absolute Gasteiger partial charge is 0.480 e. The predicted molar refractivity (Wildman–Crippen MR) is 254 cm³/mol. The summed E-state index contributed by atoms with van der Waals surface area (Å²) in [6, 6.07) is -1.48. The summed E-state index contributed by atoms with van der Waals surface area (Å²) < 4.78 is 33.4. The second-order valence-electron chi connectivity index (χ2n) is 16.9. The Balaban J connectivity index is 4.08. The molecule has 0 fully saturated rings. The molecule has 4 N–H and O–H groups in total. The summed E-state index contributed by atoms with van der Waals surface area (Å²) in [6.45, 7) is 3.79. The molecule has 0 spiro atoms. The molecule has 0 aromatic carbocycles. The summed E-state index contributed by atoms with van der Waals surface area (Å²) in [5, 5.41) is 8.92. The maximum absolute atomic E-state index is 12.7. The maximum atomic E-state index is 12.7. The molecule has 358 valence electrons. The number of ether oxygens (including phenoxy) is 2. The normalized spacial score (nSPS) is 14.0. The van der Waals surface area contributed by atoms with Crippen molar-refractivity contribution >= 4 is 19.8 Å². The van der Waals surface area contributed by atoms with Crippen LogP contribution in [-0.4, -0.2) is 60.5 Å². The molecule has 3 atom stereocenters. The van der Waals surface area contributed by atoms with Gasteiger partial charge in [-0.1, -0.05) is 217 Å². The lowest BCUT2D eigenvalue weighted by Gasteiger charge is -2.20. The summed E-state index contributed by atoms with van der Waals surface area (Å²) >= 11 is 0. The van der Waals surface area contributed by atoms with Gasteiger partial charge in [0.25, 0.3) is 0 Å². The van der Waals surface area contributed by atoms with Gasteiger partial charge in [0, 0.05) is 13.0 Å². The quantitative estimate of drug-likeness (QED) is 0.0233. The maximum Gasteiger partial charge on any atom is 0.472 e. The van der Waals surface area contributed by atoms with Crippen LogP contribution in [0.2, 0.25) is 0 Å². The Hall–Kier alpha value is -1.81. The number of unbranched alkanes of at least 4 members (excludes halogenated alkanes) is 28. The van der Waals surface area contributed by atoms with E-state index in [1.165, 1.54) is 135 Å². The number of carbonyl (C=O) groups is 2. The minimum atomic E-state index is -4.62. The fourth-order valence-corrected chi connectivity index (χ4v) is 7.87. The van der Waals surface area contributed by atoms with Crippen LogP contribution in [0.1, 0.15) is 232 Å². The van der Waals surface area contributed by atoms with Crippen molar-refractivity contribution in [2.24, 2.45) is 5.73 Å². The van der Waals surface area contributed by atoms with Crippen LogP contribution >= 0.6 is 7.82 Å². The molecule has 0 radical (unpaired) electrons. The van der Waals surface area contributed by atoms with Gasteiger partial charge in [0.1, 0.15) is 12.1 Å². The Bertz CT molecular complexity index is 1110. The molecule has 0 aromatic heterocycles. The first-order chi connectivity index (χ1) is 29.7. The van der Waals surface area contributed by atoms with Crippen molar-refractivity contribution in [3.05, 3.63) is 36.5 Å². The van der Waals surface area contributed by atoms with Crippen LogP contribution in [0, 0.1) is 0 Å². The predicted octanol–water partition coefficient (Wildman–Crippen LogP) is 14.4. The third kappa shape index (κ3) is 46.0. The van der Waals surface area contributed by atoms with E-state index in [4.69, 9.17) is 29.4 Å². The summed E-state index contributed by atoms with van der Waals surface area (Å²) in [4.78, 5) is 33.6. The standard InChI is InChI=1S/C50H94NO9P/c1-3-5-7-9-11-13-15-17-19-20-21-22-23-24-25-26-27-29-31-33-35-37-39-41-43-57-44-47(45-58-61(55,56)59-46-48(51)50(53)54)60-49(52)42-40-38-36-34-32-30-28-18-16-14-12-10-8-6-4-2/h6,8,12,14,18,28,47-48H,3-5,7,9-11,13,15-17,19-27,29-46,51H2,1-2H3,(H,53,54)(H,55,56)/b8-6-,14-12-,28-18-. The van der Waals surface area contributed by atoms with Crippen LogP contribution in [-0.2, 0) is 32.7 Å². The van der Waals surface area contributed by atoms with Crippen LogP contribution in [0.4, 0.5) is 0 Å². The molecule has 0 heterocycles. The number of rotatable bonds is 48. The molecule has 10 nitrogen and oxygen atoms in total. The fraction of sp³-hybridized carbons (Fsp3) is 0.840. The molecule has 0 aliphatic carbocycles. The van der Waals surface area contributed by atoms with E-state index in [0.29, 0.717) is 13.0 Å². The zero-order valence-electron chi connectivity index (χ0n) is 39.3. The number of aliphatic carboxylic acids is 1. The van der Waals surface area contributed by atoms with E-state index in [0.717, 1.165) is 70.6 Å². The van der Waals surface area contributed by atoms with E-state index in [2.05, 4.69) is 50.3 Å². The van der Waals surface area contributed by atoms with Gasteiger partial charge in [-0.2, -0.15) is 0 Å². The second-order valence-corrected chi connectivity index (χ2v) is 18.4. The van der Waals surface area contributed by atoms with E-state index in [-0.39, 0.29) is 13.0 Å². The SMILES string of the molecule is CC/C=C\C/C=C\C/C=C\CCCCCCCC(=O)OC(COCCCCCCCCCCCCCCCCCCCCCCCCCC)COP(=O)(O)OCC(N)C(=O)O. The molecule has 0 saturated heterocycles. The average Bonchev–Trinajstić information content (AvgIpc) is 3.24. The van der Waals surface area contributed by atoms with E-state index < -0.39 is 45.1 Å². The topological polar surface area (TPSA) is 155 Å². The Kier molecular flexibility index (Phi) is 44.8. The first-order valence-electron chi connectivity index (χ1n) is 25.0. The van der Waals surface area contributed by atoms with Crippen molar-refractivity contribution in [3.8, 4) is 0 Å². The number of esters is 1. The number of phosphoric acid groups is 1. The number of carboxylic acids is 1. The van der Waals surface area contributed by atoms with Crippen LogP contribution in [0.25, 0.3) is 0 Å². The summed E-state index contributed by atoms with van der Waals surface area (Å²) in [6.07, 6.45) is 53.6. The molecule has 0 aliphatic rings. The minimum Gasteiger partial charge on any atom is -0.480 e. The van der Waals surface area contributed by atoms with Gasteiger partial charge in [-0.15, -0.1) is 0 Å². The van der Waals surface area contributed by atoms with Gasteiger partial charge < -0.3 is 25.2 Å². The minimum absolute atomic E-state index is 0.0128. The van der Waals surface area contributed by atoms with Crippen molar-refractivity contribution in [2.45, 2.75) is 244 Å². The molecule has 61 heavy (non-hydrogen) atoms. The number of phosphoric ester groups is 1. The van der Waals surface area contributed by atoms with Crippen molar-refractivity contribution in [3.63, 3.8) is 0 Å². The Morgan fingerprint density at radius 1 is 0.541 bits per heavy atom. The van der Waals surface area contributed by atoms with Gasteiger partial charge in [0.2, 0.25) is 0 Å². The Labute approximate surface area is 374 Å². The smallest absolute Gasteiger partial charge is 0.472 e. The Morgan fingerprint density at radius 3 is 1.43 bits per heavy atom. The van der Waals surface area contributed by atoms with Crippen molar-refractivity contribution in [2.75, 3.05) is 26.4 Å². The van der Waals surface area contributed by atoms with Gasteiger partial charge in [0.15, 0.2) is 0 Å². The molecule has 0 saturated carbocycles. The number of carboxylic acid groups (broad SMARTS) is 1. The van der Waals surface area contributed by atoms with E-state index in [1.807, 2.05) is 0 Å². The number of hydrogen-bond acceptors (Lipinski definition) is 8. The van der Waals surface area contributed by atoms with E-state index in [1.54, 1.807) is 0 Å². The Morgan fingerprint density at radius 2 is 0.951 bits per heavy atom. The summed E-state index contributed by atoms with van der Waals surface area (Å²) in [5.74, 6) is -1.79. The number of hydrogen-bond donors (Lipinski definition) is 3. The number of carbonyl (C=O) groups excluding carboxylic acids is 1. The molecule has 0 aliphatic heterocycles.